The molecule has 27 heavy (non-hydrogen) atoms. The molecule has 0 bridgehead atoms. The summed E-state index contributed by atoms with van der Waals surface area (Å²) < 4.78 is 41.3. The molecule has 0 saturated heterocycles. The van der Waals surface area contributed by atoms with Gasteiger partial charge in [-0.05, 0) is 36.4 Å². The van der Waals surface area contributed by atoms with Gasteiger partial charge in [-0.2, -0.15) is 0 Å². The number of hydrogen-bond donors (Lipinski definition) is 1. The zero-order valence-electron chi connectivity index (χ0n) is 13.7. The molecule has 4 rings (SSSR count). The summed E-state index contributed by atoms with van der Waals surface area (Å²) in [5.74, 6) is -2.26. The van der Waals surface area contributed by atoms with E-state index in [9.17, 15) is 18.0 Å². The Kier molecular flexibility index (Phi) is 4.41. The van der Waals surface area contributed by atoms with Gasteiger partial charge in [-0.25, -0.2) is 18.2 Å². The highest BCUT2D eigenvalue weighted by Gasteiger charge is 2.13. The lowest BCUT2D eigenvalue weighted by Crippen LogP contribution is -2.15. The second-order valence-electron chi connectivity index (χ2n) is 5.90. The van der Waals surface area contributed by atoms with Crippen molar-refractivity contribution in [2.75, 3.05) is 5.32 Å². The van der Waals surface area contributed by atoms with Crippen LogP contribution in [-0.2, 0) is 11.2 Å². The summed E-state index contributed by atoms with van der Waals surface area (Å²) in [7, 11) is 0. The van der Waals surface area contributed by atoms with E-state index in [-0.39, 0.29) is 17.9 Å². The maximum absolute atomic E-state index is 13.2. The number of benzene rings is 2. The van der Waals surface area contributed by atoms with Gasteiger partial charge in [0.1, 0.15) is 17.5 Å². The topological polar surface area (TPSA) is 46.4 Å². The van der Waals surface area contributed by atoms with Crippen LogP contribution in [-0.4, -0.2) is 15.3 Å². The monoisotopic (exact) mass is 387 g/mol. The molecule has 0 aliphatic carbocycles. The number of amides is 1. The number of anilines is 1. The Balaban J connectivity index is 1.55. The van der Waals surface area contributed by atoms with Crippen LogP contribution in [0.3, 0.4) is 0 Å². The summed E-state index contributed by atoms with van der Waals surface area (Å²) in [5.41, 5.74) is 2.17. The van der Waals surface area contributed by atoms with Crippen LogP contribution < -0.4 is 5.32 Å². The van der Waals surface area contributed by atoms with E-state index >= 15 is 0 Å². The number of imidazole rings is 1. The molecule has 0 radical (unpaired) electrons. The van der Waals surface area contributed by atoms with Gasteiger partial charge in [-0.15, -0.1) is 11.3 Å². The Labute approximate surface area is 155 Å². The van der Waals surface area contributed by atoms with Crippen LogP contribution in [0, 0.1) is 17.5 Å². The Hall–Kier alpha value is -3.13. The van der Waals surface area contributed by atoms with Gasteiger partial charge < -0.3 is 5.32 Å². The van der Waals surface area contributed by atoms with Crippen molar-refractivity contribution in [3.8, 4) is 11.3 Å². The summed E-state index contributed by atoms with van der Waals surface area (Å²) in [6.07, 6.45) is 1.78. The molecule has 2 aromatic heterocycles. The number of carbonyl (C=O) groups excluding carboxylic acids is 1. The molecule has 0 aliphatic heterocycles. The van der Waals surface area contributed by atoms with Gasteiger partial charge in [0.2, 0.25) is 5.91 Å². The van der Waals surface area contributed by atoms with Crippen molar-refractivity contribution in [2.45, 2.75) is 6.42 Å². The predicted molar refractivity (Wildman–Crippen MR) is 97.2 cm³/mol. The number of thiazole rings is 1. The fourth-order valence-corrected chi connectivity index (χ4v) is 3.58. The minimum Gasteiger partial charge on any atom is -0.326 e. The average molecular weight is 387 g/mol. The van der Waals surface area contributed by atoms with Gasteiger partial charge in [0.05, 0.1) is 12.1 Å². The van der Waals surface area contributed by atoms with E-state index in [4.69, 9.17) is 0 Å². The molecule has 4 aromatic rings. The number of rotatable bonds is 4. The quantitative estimate of drug-likeness (QED) is 0.554. The highest BCUT2D eigenvalue weighted by molar-refractivity contribution is 7.15. The maximum Gasteiger partial charge on any atom is 0.230 e. The van der Waals surface area contributed by atoms with Gasteiger partial charge in [0.15, 0.2) is 4.96 Å². The molecular weight excluding hydrogens is 375 g/mol. The zero-order chi connectivity index (χ0) is 19.0. The molecule has 1 amide bonds. The standard InChI is InChI=1S/C19H12F3N3OS/c20-12-3-1-11(2-4-12)17-9-25-16(10-27-19(25)24-17)8-18(26)23-15-6-13(21)5-14(22)7-15/h1-7,9-10H,8H2,(H,23,26). The Morgan fingerprint density at radius 3 is 2.44 bits per heavy atom. The molecule has 1 N–H and O–H groups in total. The Bertz CT molecular complexity index is 1110. The third-order valence-electron chi connectivity index (χ3n) is 3.91. The van der Waals surface area contributed by atoms with E-state index < -0.39 is 17.5 Å². The van der Waals surface area contributed by atoms with Crippen LogP contribution >= 0.6 is 11.3 Å². The smallest absolute Gasteiger partial charge is 0.230 e. The average Bonchev–Trinajstić information content (AvgIpc) is 3.16. The highest BCUT2D eigenvalue weighted by atomic mass is 32.1. The number of hydrogen-bond acceptors (Lipinski definition) is 3. The number of halogens is 3. The van der Waals surface area contributed by atoms with Crippen molar-refractivity contribution >= 4 is 27.9 Å². The third kappa shape index (κ3) is 3.70. The van der Waals surface area contributed by atoms with E-state index in [0.717, 1.165) is 23.8 Å². The zero-order valence-corrected chi connectivity index (χ0v) is 14.6. The number of nitrogens with zero attached hydrogens (tertiary/aromatic N) is 2. The number of nitrogens with one attached hydrogen (secondary N) is 1. The first kappa shape index (κ1) is 17.3. The van der Waals surface area contributed by atoms with Crippen molar-refractivity contribution in [3.63, 3.8) is 0 Å². The summed E-state index contributed by atoms with van der Waals surface area (Å²) in [5, 5.41) is 4.28. The summed E-state index contributed by atoms with van der Waals surface area (Å²) in [6, 6.07) is 8.81. The molecular formula is C19H12F3N3OS. The van der Waals surface area contributed by atoms with Crippen molar-refractivity contribution < 1.29 is 18.0 Å². The van der Waals surface area contributed by atoms with Gasteiger partial charge >= 0.3 is 0 Å². The molecule has 0 fully saturated rings. The minimum atomic E-state index is -0.762. The number of fused-ring (bicyclic) bond motifs is 1. The van der Waals surface area contributed by atoms with Gasteiger partial charge in [-0.3, -0.25) is 9.20 Å². The van der Waals surface area contributed by atoms with Crippen molar-refractivity contribution in [2.24, 2.45) is 0 Å². The van der Waals surface area contributed by atoms with Crippen LogP contribution in [0.25, 0.3) is 16.2 Å². The van der Waals surface area contributed by atoms with E-state index in [1.54, 1.807) is 28.1 Å². The first-order valence-corrected chi connectivity index (χ1v) is 8.83. The van der Waals surface area contributed by atoms with Crippen molar-refractivity contribution in [1.29, 1.82) is 0 Å². The van der Waals surface area contributed by atoms with E-state index in [2.05, 4.69) is 10.3 Å². The van der Waals surface area contributed by atoms with E-state index in [1.807, 2.05) is 0 Å². The lowest BCUT2D eigenvalue weighted by molar-refractivity contribution is -0.115. The first-order chi connectivity index (χ1) is 13.0. The minimum absolute atomic E-state index is 0.0113. The van der Waals surface area contributed by atoms with Gasteiger partial charge in [0.25, 0.3) is 0 Å². The lowest BCUT2D eigenvalue weighted by atomic mass is 10.2. The molecule has 0 saturated carbocycles. The fourth-order valence-electron chi connectivity index (χ4n) is 2.71. The van der Waals surface area contributed by atoms with E-state index in [1.165, 1.54) is 23.5 Å². The Morgan fingerprint density at radius 2 is 1.74 bits per heavy atom. The molecule has 0 unspecified atom stereocenters. The summed E-state index contributed by atoms with van der Waals surface area (Å²) in [6.45, 7) is 0. The largest absolute Gasteiger partial charge is 0.326 e. The molecule has 2 heterocycles. The summed E-state index contributed by atoms with van der Waals surface area (Å²) in [4.78, 5) is 17.4. The van der Waals surface area contributed by atoms with Gasteiger partial charge in [0, 0.05) is 34.6 Å². The van der Waals surface area contributed by atoms with E-state index in [0.29, 0.717) is 16.3 Å². The molecule has 0 atom stereocenters. The predicted octanol–water partition coefficient (Wildman–Crippen LogP) is 4.66. The molecule has 0 aliphatic rings. The molecule has 2 aromatic carbocycles. The number of carbonyl (C=O) groups is 1. The second kappa shape index (κ2) is 6.88. The van der Waals surface area contributed by atoms with Crippen LogP contribution in [0.1, 0.15) is 5.69 Å². The molecule has 8 heteroatoms. The third-order valence-corrected chi connectivity index (χ3v) is 4.80. The van der Waals surface area contributed by atoms with Crippen LogP contribution in [0.4, 0.5) is 18.9 Å². The molecule has 136 valence electrons. The first-order valence-electron chi connectivity index (χ1n) is 7.95. The maximum atomic E-state index is 13.2. The SMILES string of the molecule is O=C(Cc1csc2nc(-c3ccc(F)cc3)cn12)Nc1cc(F)cc(F)c1. The van der Waals surface area contributed by atoms with Gasteiger partial charge in [-0.1, -0.05) is 0 Å². The fraction of sp³-hybridized carbons (Fsp3) is 0.0526. The molecule has 0 spiro atoms. The second-order valence-corrected chi connectivity index (χ2v) is 6.73. The lowest BCUT2D eigenvalue weighted by Gasteiger charge is -2.05. The van der Waals surface area contributed by atoms with Crippen molar-refractivity contribution in [3.05, 3.63) is 77.2 Å². The van der Waals surface area contributed by atoms with Crippen molar-refractivity contribution in [1.82, 2.24) is 9.38 Å². The molecule has 4 nitrogen and oxygen atoms in total. The highest BCUT2D eigenvalue weighted by Crippen LogP contribution is 2.24. The Morgan fingerprint density at radius 1 is 1.04 bits per heavy atom. The van der Waals surface area contributed by atoms with Crippen LogP contribution in [0.2, 0.25) is 0 Å². The van der Waals surface area contributed by atoms with Crippen LogP contribution in [0.5, 0.6) is 0 Å². The number of aromatic nitrogens is 2. The normalized spacial score (nSPS) is 11.1. The van der Waals surface area contributed by atoms with Crippen LogP contribution in [0.15, 0.2) is 54.0 Å². The summed E-state index contributed by atoms with van der Waals surface area (Å²) >= 11 is 1.36.